The molecule has 0 saturated heterocycles. The van der Waals surface area contributed by atoms with Gasteiger partial charge in [-0.05, 0) is 85.0 Å². The van der Waals surface area contributed by atoms with Gasteiger partial charge in [0.1, 0.15) is 17.9 Å². The van der Waals surface area contributed by atoms with Gasteiger partial charge in [0.05, 0.1) is 17.0 Å². The van der Waals surface area contributed by atoms with Gasteiger partial charge in [-0.1, -0.05) is 54.6 Å². The summed E-state index contributed by atoms with van der Waals surface area (Å²) in [7, 11) is 0. The van der Waals surface area contributed by atoms with Crippen LogP contribution in [0.4, 0.5) is 5.69 Å². The predicted octanol–water partition coefficient (Wildman–Crippen LogP) is 7.05. The second-order valence-corrected chi connectivity index (χ2v) is 9.87. The minimum Gasteiger partial charge on any atom is -0.489 e. The fourth-order valence-electron chi connectivity index (χ4n) is 5.07. The van der Waals surface area contributed by atoms with E-state index in [1.54, 1.807) is 4.90 Å². The van der Waals surface area contributed by atoms with Crippen LogP contribution in [0.5, 0.6) is 5.75 Å². The van der Waals surface area contributed by atoms with Crippen LogP contribution in [0, 0.1) is 20.8 Å². The molecule has 4 aromatic carbocycles. The quantitative estimate of drug-likeness (QED) is 0.259. The molecule has 5 nitrogen and oxygen atoms in total. The van der Waals surface area contributed by atoms with E-state index in [1.165, 1.54) is 0 Å². The van der Waals surface area contributed by atoms with Gasteiger partial charge in [-0.25, -0.2) is 0 Å². The zero-order valence-corrected chi connectivity index (χ0v) is 21.5. The molecule has 0 bridgehead atoms. The van der Waals surface area contributed by atoms with Crippen molar-refractivity contribution in [2.24, 2.45) is 0 Å². The van der Waals surface area contributed by atoms with Gasteiger partial charge in [0.15, 0.2) is 5.43 Å². The summed E-state index contributed by atoms with van der Waals surface area (Å²) in [6.45, 7) is 6.37. The zero-order chi connectivity index (χ0) is 26.4. The van der Waals surface area contributed by atoms with Gasteiger partial charge in [0.2, 0.25) is 5.76 Å². The summed E-state index contributed by atoms with van der Waals surface area (Å²) >= 11 is 0. The molecule has 1 aliphatic heterocycles. The Morgan fingerprint density at radius 1 is 0.816 bits per heavy atom. The average Bonchev–Trinajstić information content (AvgIpc) is 3.22. The smallest absolute Gasteiger partial charge is 0.295 e. The number of carbonyl (C=O) groups is 1. The Hall–Kier alpha value is -4.64. The maximum absolute atomic E-state index is 13.9. The first-order chi connectivity index (χ1) is 18.4. The summed E-state index contributed by atoms with van der Waals surface area (Å²) in [4.78, 5) is 29.4. The minimum atomic E-state index is -0.621. The number of nitrogens with zero attached hydrogens (tertiary/aromatic N) is 1. The monoisotopic (exact) mass is 501 g/mol. The molecule has 5 aromatic rings. The molecule has 38 heavy (non-hydrogen) atoms. The van der Waals surface area contributed by atoms with Crippen LogP contribution in [0.15, 0.2) is 100 Å². The van der Waals surface area contributed by atoms with Crippen LogP contribution in [-0.4, -0.2) is 5.91 Å². The van der Waals surface area contributed by atoms with Crippen LogP contribution < -0.4 is 15.1 Å². The van der Waals surface area contributed by atoms with Gasteiger partial charge in [-0.2, -0.15) is 0 Å². The van der Waals surface area contributed by atoms with Crippen molar-refractivity contribution in [2.75, 3.05) is 4.90 Å². The average molecular weight is 502 g/mol. The third-order valence-corrected chi connectivity index (χ3v) is 7.21. The van der Waals surface area contributed by atoms with Crippen LogP contribution in [-0.2, 0) is 6.61 Å². The molecule has 1 aliphatic rings. The van der Waals surface area contributed by atoms with Gasteiger partial charge < -0.3 is 9.15 Å². The summed E-state index contributed by atoms with van der Waals surface area (Å²) in [5.41, 5.74) is 6.24. The first kappa shape index (κ1) is 23.7. The molecule has 1 aromatic heterocycles. The molecular formula is C33H27NO4. The first-order valence-corrected chi connectivity index (χ1v) is 12.7. The Balaban J connectivity index is 1.46. The van der Waals surface area contributed by atoms with Crippen LogP contribution in [0.25, 0.3) is 11.0 Å². The lowest BCUT2D eigenvalue weighted by molar-refractivity contribution is 0.0971. The Bertz CT molecular complexity index is 1740. The lowest BCUT2D eigenvalue weighted by Crippen LogP contribution is -2.29. The number of fused-ring (bicyclic) bond motifs is 2. The van der Waals surface area contributed by atoms with E-state index < -0.39 is 6.04 Å². The summed E-state index contributed by atoms with van der Waals surface area (Å²) in [6, 6.07) is 28.4. The van der Waals surface area contributed by atoms with Crippen molar-refractivity contribution < 1.29 is 13.9 Å². The van der Waals surface area contributed by atoms with Crippen molar-refractivity contribution >= 4 is 22.6 Å². The molecule has 6 rings (SSSR count). The normalized spacial score (nSPS) is 14.7. The SMILES string of the molecule is Cc1cccc(N2C(=O)c3oc4cc(C)c(C)cc4c(=O)c3C2c2ccc(OCc3ccccc3)cc2)c1. The highest BCUT2D eigenvalue weighted by molar-refractivity contribution is 6.10. The van der Waals surface area contributed by atoms with Crippen LogP contribution in [0.2, 0.25) is 0 Å². The number of anilines is 1. The molecule has 0 aliphatic carbocycles. The van der Waals surface area contributed by atoms with Crippen molar-refractivity contribution in [1.82, 2.24) is 0 Å². The maximum atomic E-state index is 13.9. The Kier molecular flexibility index (Phi) is 5.84. The zero-order valence-electron chi connectivity index (χ0n) is 21.5. The highest BCUT2D eigenvalue weighted by atomic mass is 16.5. The number of hydrogen-bond acceptors (Lipinski definition) is 4. The van der Waals surface area contributed by atoms with Gasteiger partial charge in [0, 0.05) is 5.69 Å². The Morgan fingerprint density at radius 3 is 2.29 bits per heavy atom. The van der Waals surface area contributed by atoms with E-state index in [0.717, 1.165) is 27.8 Å². The Labute approximate surface area is 220 Å². The highest BCUT2D eigenvalue weighted by Crippen LogP contribution is 2.42. The molecular weight excluding hydrogens is 474 g/mol. The van der Waals surface area contributed by atoms with Gasteiger partial charge in [-0.3, -0.25) is 14.5 Å². The van der Waals surface area contributed by atoms with Crippen LogP contribution in [0.1, 0.15) is 50.0 Å². The molecule has 5 heteroatoms. The largest absolute Gasteiger partial charge is 0.489 e. The third kappa shape index (κ3) is 4.06. The first-order valence-electron chi connectivity index (χ1n) is 12.7. The van der Waals surface area contributed by atoms with Crippen molar-refractivity contribution in [2.45, 2.75) is 33.4 Å². The molecule has 1 atom stereocenters. The minimum absolute atomic E-state index is 0.0988. The lowest BCUT2D eigenvalue weighted by Gasteiger charge is -2.25. The highest BCUT2D eigenvalue weighted by Gasteiger charge is 2.43. The summed E-state index contributed by atoms with van der Waals surface area (Å²) in [5, 5.41) is 0.485. The lowest BCUT2D eigenvalue weighted by atomic mass is 9.97. The number of hydrogen-bond donors (Lipinski definition) is 0. The topological polar surface area (TPSA) is 59.8 Å². The van der Waals surface area contributed by atoms with Crippen molar-refractivity contribution in [3.05, 3.63) is 140 Å². The van der Waals surface area contributed by atoms with Crippen LogP contribution in [0.3, 0.4) is 0 Å². The second-order valence-electron chi connectivity index (χ2n) is 9.87. The fraction of sp³-hybridized carbons (Fsp3) is 0.152. The maximum Gasteiger partial charge on any atom is 0.295 e. The van der Waals surface area contributed by atoms with E-state index in [9.17, 15) is 9.59 Å². The van der Waals surface area contributed by atoms with Gasteiger partial charge in [-0.15, -0.1) is 0 Å². The summed E-state index contributed by atoms with van der Waals surface area (Å²) in [6.07, 6.45) is 0. The van der Waals surface area contributed by atoms with E-state index in [2.05, 4.69) is 0 Å². The number of rotatable bonds is 5. The molecule has 188 valence electrons. The molecule has 0 saturated carbocycles. The molecule has 0 spiro atoms. The van der Waals surface area contributed by atoms with Crippen molar-refractivity contribution in [3.8, 4) is 5.75 Å². The van der Waals surface area contributed by atoms with E-state index in [-0.39, 0.29) is 17.1 Å². The van der Waals surface area contributed by atoms with E-state index in [1.807, 2.05) is 112 Å². The standard InChI is InChI=1S/C33H27NO4/c1-20-8-7-11-25(16-20)34-30(24-12-14-26(15-13-24)37-19-23-9-5-4-6-10-23)29-31(35)27-17-21(2)22(3)18-28(27)38-32(29)33(34)36/h4-18,30H,19H2,1-3H3. The summed E-state index contributed by atoms with van der Waals surface area (Å²) in [5.74, 6) is 0.486. The molecule has 0 fully saturated rings. The Morgan fingerprint density at radius 2 is 1.55 bits per heavy atom. The summed E-state index contributed by atoms with van der Waals surface area (Å²) < 4.78 is 12.1. The van der Waals surface area contributed by atoms with Crippen molar-refractivity contribution in [3.63, 3.8) is 0 Å². The van der Waals surface area contributed by atoms with Gasteiger partial charge >= 0.3 is 0 Å². The number of carbonyl (C=O) groups excluding carboxylic acids is 1. The van der Waals surface area contributed by atoms with Crippen LogP contribution >= 0.6 is 0 Å². The van der Waals surface area contributed by atoms with Crippen molar-refractivity contribution in [1.29, 1.82) is 0 Å². The van der Waals surface area contributed by atoms with E-state index in [4.69, 9.17) is 9.15 Å². The third-order valence-electron chi connectivity index (χ3n) is 7.21. The van der Waals surface area contributed by atoms with E-state index in [0.29, 0.717) is 34.6 Å². The number of amides is 1. The number of benzene rings is 4. The number of aryl methyl sites for hydroxylation is 3. The molecule has 0 N–H and O–H groups in total. The molecule has 2 heterocycles. The molecule has 1 unspecified atom stereocenters. The molecule has 0 radical (unpaired) electrons. The predicted molar refractivity (Wildman–Crippen MR) is 149 cm³/mol. The van der Waals surface area contributed by atoms with E-state index >= 15 is 0 Å². The number of ether oxygens (including phenoxy) is 1. The molecule has 1 amide bonds. The fourth-order valence-corrected chi connectivity index (χ4v) is 5.07. The second kappa shape index (κ2) is 9.34. The van der Waals surface area contributed by atoms with Gasteiger partial charge in [0.25, 0.3) is 5.91 Å².